The zero-order valence-electron chi connectivity index (χ0n) is 17.1. The maximum Gasteiger partial charge on any atom is 0.341 e. The number of hydrogen-bond acceptors (Lipinski definition) is 6. The molecule has 0 aliphatic heterocycles. The number of aliphatic hydroxyl groups excluding tert-OH is 1. The molecule has 0 bridgehead atoms. The third kappa shape index (κ3) is 5.08. The summed E-state index contributed by atoms with van der Waals surface area (Å²) in [4.78, 5) is 17.0. The summed E-state index contributed by atoms with van der Waals surface area (Å²) in [5.41, 5.74) is 1.23. The Morgan fingerprint density at radius 3 is 2.67 bits per heavy atom. The number of hydrogen-bond donors (Lipinski definition) is 3. The van der Waals surface area contributed by atoms with Gasteiger partial charge in [-0.3, -0.25) is 4.99 Å². The van der Waals surface area contributed by atoms with Crippen molar-refractivity contribution in [3.63, 3.8) is 0 Å². The minimum absolute atomic E-state index is 0.322. The van der Waals surface area contributed by atoms with Gasteiger partial charge in [-0.05, 0) is 35.2 Å². The second-order valence-electron chi connectivity index (χ2n) is 6.54. The standard InChI is InChI=1S/C22H25N3O4S/c1-23-22(24-12-14-8-9-18(28-2)16(10-14)21(27)29-3)25-13-17(26)20-11-15-6-4-5-7-19(15)30-20/h4-11,17,26H,12-13H2,1-3H3,(H2,23,24,25). The number of esters is 1. The van der Waals surface area contributed by atoms with Gasteiger partial charge in [0.1, 0.15) is 17.4 Å². The molecule has 1 unspecified atom stereocenters. The molecule has 8 heteroatoms. The monoisotopic (exact) mass is 427 g/mol. The van der Waals surface area contributed by atoms with Crippen LogP contribution in [0.1, 0.15) is 26.9 Å². The minimum Gasteiger partial charge on any atom is -0.496 e. The molecule has 158 valence electrons. The van der Waals surface area contributed by atoms with Gasteiger partial charge < -0.3 is 25.2 Å². The highest BCUT2D eigenvalue weighted by molar-refractivity contribution is 7.19. The summed E-state index contributed by atoms with van der Waals surface area (Å²) in [7, 11) is 4.50. The number of fused-ring (bicyclic) bond motifs is 1. The molecule has 3 rings (SSSR count). The molecule has 1 aromatic heterocycles. The van der Waals surface area contributed by atoms with Crippen LogP contribution < -0.4 is 15.4 Å². The molecule has 30 heavy (non-hydrogen) atoms. The summed E-state index contributed by atoms with van der Waals surface area (Å²) in [6.45, 7) is 0.759. The average Bonchev–Trinajstić information content (AvgIpc) is 3.22. The van der Waals surface area contributed by atoms with Crippen molar-refractivity contribution in [1.82, 2.24) is 10.6 Å². The minimum atomic E-state index is -0.645. The fraction of sp³-hybridized carbons (Fsp3) is 0.273. The smallest absolute Gasteiger partial charge is 0.341 e. The molecule has 0 aliphatic carbocycles. The van der Waals surface area contributed by atoms with Crippen molar-refractivity contribution < 1.29 is 19.4 Å². The summed E-state index contributed by atoms with van der Waals surface area (Å²) in [6.07, 6.45) is -0.645. The van der Waals surface area contributed by atoms with Crippen molar-refractivity contribution in [3.05, 3.63) is 64.5 Å². The molecule has 3 N–H and O–H groups in total. The average molecular weight is 428 g/mol. The lowest BCUT2D eigenvalue weighted by atomic mass is 10.1. The highest BCUT2D eigenvalue weighted by atomic mass is 32.1. The van der Waals surface area contributed by atoms with Crippen molar-refractivity contribution in [2.75, 3.05) is 27.8 Å². The van der Waals surface area contributed by atoms with E-state index in [9.17, 15) is 9.90 Å². The lowest BCUT2D eigenvalue weighted by molar-refractivity contribution is 0.0597. The van der Waals surface area contributed by atoms with E-state index in [1.807, 2.05) is 36.4 Å². The molecule has 7 nitrogen and oxygen atoms in total. The Balaban J connectivity index is 1.59. The zero-order chi connectivity index (χ0) is 21.5. The molecule has 0 aliphatic rings. The van der Waals surface area contributed by atoms with Crippen molar-refractivity contribution >= 4 is 33.4 Å². The van der Waals surface area contributed by atoms with Crippen molar-refractivity contribution in [1.29, 1.82) is 0 Å². The Morgan fingerprint density at radius 1 is 1.17 bits per heavy atom. The molecule has 0 saturated carbocycles. The van der Waals surface area contributed by atoms with Crippen LogP contribution in [-0.2, 0) is 11.3 Å². The molecule has 1 atom stereocenters. The molecule has 0 fully saturated rings. The number of carbonyl (C=O) groups is 1. The maximum atomic E-state index is 11.9. The van der Waals surface area contributed by atoms with Gasteiger partial charge in [0.05, 0.1) is 14.2 Å². The summed E-state index contributed by atoms with van der Waals surface area (Å²) in [6, 6.07) is 15.4. The Bertz CT molecular complexity index is 1010. The van der Waals surface area contributed by atoms with Crippen LogP contribution in [0.15, 0.2) is 53.5 Å². The van der Waals surface area contributed by atoms with Crippen LogP contribution in [-0.4, -0.2) is 44.8 Å². The molecule has 2 aromatic carbocycles. The molecular weight excluding hydrogens is 402 g/mol. The Labute approximate surface area is 179 Å². The molecule has 0 saturated heterocycles. The number of methoxy groups -OCH3 is 2. The maximum absolute atomic E-state index is 11.9. The van der Waals surface area contributed by atoms with E-state index in [-0.39, 0.29) is 0 Å². The van der Waals surface area contributed by atoms with Crippen LogP contribution in [0.5, 0.6) is 5.75 Å². The topological polar surface area (TPSA) is 92.2 Å². The van der Waals surface area contributed by atoms with Crippen molar-refractivity contribution in [3.8, 4) is 5.75 Å². The predicted molar refractivity (Wildman–Crippen MR) is 119 cm³/mol. The van der Waals surface area contributed by atoms with Gasteiger partial charge in [-0.25, -0.2) is 4.79 Å². The lowest BCUT2D eigenvalue weighted by Crippen LogP contribution is -2.38. The SMILES string of the molecule is CN=C(NCc1ccc(OC)c(C(=O)OC)c1)NCC(O)c1cc2ccccc2s1. The fourth-order valence-corrected chi connectivity index (χ4v) is 4.05. The highest BCUT2D eigenvalue weighted by Gasteiger charge is 2.14. The van der Waals surface area contributed by atoms with Gasteiger partial charge in [-0.1, -0.05) is 24.3 Å². The number of nitrogens with one attached hydrogen (secondary N) is 2. The van der Waals surface area contributed by atoms with Gasteiger partial charge in [-0.15, -0.1) is 11.3 Å². The van der Waals surface area contributed by atoms with Gasteiger partial charge in [0.25, 0.3) is 0 Å². The van der Waals surface area contributed by atoms with Crippen molar-refractivity contribution in [2.45, 2.75) is 12.6 Å². The summed E-state index contributed by atoms with van der Waals surface area (Å²) in [5.74, 6) is 0.549. The van der Waals surface area contributed by atoms with Crippen LogP contribution in [0.2, 0.25) is 0 Å². The van der Waals surface area contributed by atoms with Gasteiger partial charge in [-0.2, -0.15) is 0 Å². The van der Waals surface area contributed by atoms with Gasteiger partial charge in [0.2, 0.25) is 0 Å². The number of nitrogens with zero attached hydrogens (tertiary/aromatic N) is 1. The molecule has 1 heterocycles. The van der Waals surface area contributed by atoms with Crippen LogP contribution >= 0.6 is 11.3 Å². The van der Waals surface area contributed by atoms with Crippen molar-refractivity contribution in [2.24, 2.45) is 4.99 Å². The third-order valence-electron chi connectivity index (χ3n) is 4.59. The number of aliphatic hydroxyl groups is 1. The van der Waals surface area contributed by atoms with Crippen LogP contribution in [0.25, 0.3) is 10.1 Å². The van der Waals surface area contributed by atoms with E-state index in [4.69, 9.17) is 9.47 Å². The Morgan fingerprint density at radius 2 is 1.97 bits per heavy atom. The van der Waals surface area contributed by atoms with E-state index >= 15 is 0 Å². The number of carbonyl (C=O) groups excluding carboxylic acids is 1. The van der Waals surface area contributed by atoms with Crippen LogP contribution in [0.4, 0.5) is 0 Å². The third-order valence-corrected chi connectivity index (χ3v) is 5.81. The van der Waals surface area contributed by atoms with E-state index in [1.54, 1.807) is 30.5 Å². The number of thiophene rings is 1. The second-order valence-corrected chi connectivity index (χ2v) is 7.65. The zero-order valence-corrected chi connectivity index (χ0v) is 18.0. The van der Waals surface area contributed by atoms with Gasteiger partial charge in [0.15, 0.2) is 5.96 Å². The number of benzene rings is 2. The Hall–Kier alpha value is -3.10. The molecule has 3 aromatic rings. The Kier molecular flexibility index (Phi) is 7.26. The quantitative estimate of drug-likeness (QED) is 0.305. The fourth-order valence-electron chi connectivity index (χ4n) is 3.00. The number of rotatable bonds is 7. The van der Waals surface area contributed by atoms with E-state index in [2.05, 4.69) is 15.6 Å². The summed E-state index contributed by atoms with van der Waals surface area (Å²) < 4.78 is 11.2. The first-order valence-corrected chi connectivity index (χ1v) is 10.2. The number of ether oxygens (including phenoxy) is 2. The van der Waals surface area contributed by atoms with E-state index in [1.165, 1.54) is 14.2 Å². The summed E-state index contributed by atoms with van der Waals surface area (Å²) >= 11 is 1.58. The van der Waals surface area contributed by atoms with Gasteiger partial charge in [0, 0.05) is 29.7 Å². The molecule has 0 spiro atoms. The molecule has 0 radical (unpaired) electrons. The van der Waals surface area contributed by atoms with E-state index in [0.29, 0.717) is 30.4 Å². The van der Waals surface area contributed by atoms with Crippen LogP contribution in [0, 0.1) is 0 Å². The first-order chi connectivity index (χ1) is 14.5. The predicted octanol–water partition coefficient (Wildman–Crippen LogP) is 3.10. The summed E-state index contributed by atoms with van der Waals surface area (Å²) in [5, 5.41) is 18.0. The number of guanidine groups is 1. The van der Waals surface area contributed by atoms with E-state index in [0.717, 1.165) is 20.5 Å². The lowest BCUT2D eigenvalue weighted by Gasteiger charge is -2.15. The first-order valence-electron chi connectivity index (χ1n) is 9.42. The van der Waals surface area contributed by atoms with Gasteiger partial charge >= 0.3 is 5.97 Å². The van der Waals surface area contributed by atoms with Crippen LogP contribution in [0.3, 0.4) is 0 Å². The molecule has 0 amide bonds. The first kappa shape index (κ1) is 21.6. The normalized spacial score (nSPS) is 12.5. The second kappa shape index (κ2) is 10.1. The number of aliphatic imine (C=N–C) groups is 1. The van der Waals surface area contributed by atoms with E-state index < -0.39 is 12.1 Å². The molecular formula is C22H25N3O4S. The largest absolute Gasteiger partial charge is 0.496 e. The highest BCUT2D eigenvalue weighted by Crippen LogP contribution is 2.29.